The predicted molar refractivity (Wildman–Crippen MR) is 115 cm³/mol. The number of carbonyl (C=O) groups excluding carboxylic acids is 1. The number of nitro benzene ring substituents is 1. The number of nitrogens with zero attached hydrogens (tertiary/aromatic N) is 1. The largest absolute Gasteiger partial charge is 0.383 e. The van der Waals surface area contributed by atoms with Crippen molar-refractivity contribution < 1.29 is 14.5 Å². The summed E-state index contributed by atoms with van der Waals surface area (Å²) in [5.41, 5.74) is 3.05. The Labute approximate surface area is 179 Å². The molecule has 3 atom stereocenters. The van der Waals surface area contributed by atoms with Gasteiger partial charge in [-0.25, -0.2) is 0 Å². The minimum atomic E-state index is -0.471. The molecular weight excluding hydrogens is 406 g/mol. The number of ether oxygens (including phenoxy) is 1. The molecule has 0 bridgehead atoms. The van der Waals surface area contributed by atoms with Gasteiger partial charge in [0, 0.05) is 25.6 Å². The lowest BCUT2D eigenvalue weighted by Crippen LogP contribution is -2.33. The van der Waals surface area contributed by atoms with E-state index in [1.54, 1.807) is 19.2 Å². The van der Waals surface area contributed by atoms with Crippen molar-refractivity contribution in [3.63, 3.8) is 0 Å². The quantitative estimate of drug-likeness (QED) is 0.307. The van der Waals surface area contributed by atoms with Crippen LogP contribution in [0.5, 0.6) is 0 Å². The molecule has 0 fully saturated rings. The zero-order chi connectivity index (χ0) is 21.3. The highest BCUT2D eigenvalue weighted by atomic mass is 35.5. The third kappa shape index (κ3) is 3.66. The molecule has 2 aromatic rings. The van der Waals surface area contributed by atoms with Crippen molar-refractivity contribution in [2.75, 3.05) is 25.6 Å². The molecule has 0 aromatic heterocycles. The van der Waals surface area contributed by atoms with Crippen LogP contribution in [0.3, 0.4) is 0 Å². The van der Waals surface area contributed by atoms with Gasteiger partial charge in [-0.2, -0.15) is 0 Å². The average molecular weight is 428 g/mol. The first kappa shape index (κ1) is 20.4. The van der Waals surface area contributed by atoms with E-state index in [4.69, 9.17) is 16.3 Å². The summed E-state index contributed by atoms with van der Waals surface area (Å²) >= 11 is 6.01. The zero-order valence-electron chi connectivity index (χ0n) is 16.4. The predicted octanol–water partition coefficient (Wildman–Crippen LogP) is 4.45. The molecule has 7 nitrogen and oxygen atoms in total. The summed E-state index contributed by atoms with van der Waals surface area (Å²) in [6, 6.07) is 10.4. The Morgan fingerprint density at radius 3 is 2.97 bits per heavy atom. The average Bonchev–Trinajstić information content (AvgIpc) is 3.23. The van der Waals surface area contributed by atoms with Gasteiger partial charge in [0.2, 0.25) is 0 Å². The minimum absolute atomic E-state index is 0.110. The molecule has 0 spiro atoms. The molecule has 156 valence electrons. The van der Waals surface area contributed by atoms with Crippen molar-refractivity contribution in [2.45, 2.75) is 18.4 Å². The monoisotopic (exact) mass is 427 g/mol. The molecule has 1 aliphatic carbocycles. The maximum atomic E-state index is 12.8. The zero-order valence-corrected chi connectivity index (χ0v) is 17.2. The lowest BCUT2D eigenvalue weighted by Gasteiger charge is -2.38. The standard InChI is InChI=1S/C22H22ClN3O4/c1-30-11-10-24-22(27)17-7-3-6-16-14-4-2-5-15(14)20(25-21(16)17)13-8-9-18(23)19(12-13)26(28)29/h2-4,6-9,12,14-15,20,25H,5,10-11H2,1H3,(H,24,27). The molecule has 4 rings (SSSR count). The molecular formula is C22H22ClN3O4. The van der Waals surface area contributed by atoms with Gasteiger partial charge in [0.1, 0.15) is 5.02 Å². The topological polar surface area (TPSA) is 93.5 Å². The number of halogens is 1. The maximum Gasteiger partial charge on any atom is 0.288 e. The normalized spacial score (nSPS) is 21.5. The molecule has 0 saturated carbocycles. The molecule has 8 heteroatoms. The van der Waals surface area contributed by atoms with E-state index in [0.717, 1.165) is 23.2 Å². The van der Waals surface area contributed by atoms with Crippen LogP contribution in [-0.2, 0) is 4.74 Å². The molecule has 30 heavy (non-hydrogen) atoms. The van der Waals surface area contributed by atoms with Gasteiger partial charge in [-0.3, -0.25) is 14.9 Å². The van der Waals surface area contributed by atoms with Gasteiger partial charge in [0.15, 0.2) is 0 Å². The first-order valence-corrected chi connectivity index (χ1v) is 10.2. The van der Waals surface area contributed by atoms with Crippen LogP contribution in [0.2, 0.25) is 5.02 Å². The Hall–Kier alpha value is -2.90. The third-order valence-corrected chi connectivity index (χ3v) is 6.08. The van der Waals surface area contributed by atoms with Crippen LogP contribution in [0.15, 0.2) is 48.6 Å². The van der Waals surface area contributed by atoms with E-state index in [1.807, 2.05) is 18.2 Å². The number of para-hydroxylation sites is 1. The Morgan fingerprint density at radius 1 is 1.37 bits per heavy atom. The number of amides is 1. The summed E-state index contributed by atoms with van der Waals surface area (Å²) in [5, 5.41) is 17.9. The van der Waals surface area contributed by atoms with Gasteiger partial charge in [0.05, 0.1) is 28.8 Å². The molecule has 0 saturated heterocycles. The molecule has 2 aliphatic rings. The number of anilines is 1. The van der Waals surface area contributed by atoms with Crippen LogP contribution >= 0.6 is 11.6 Å². The van der Waals surface area contributed by atoms with Crippen LogP contribution in [0.1, 0.15) is 39.9 Å². The highest BCUT2D eigenvalue weighted by Gasteiger charge is 2.39. The van der Waals surface area contributed by atoms with Gasteiger partial charge in [-0.15, -0.1) is 0 Å². The fraction of sp³-hybridized carbons (Fsp3) is 0.318. The first-order chi connectivity index (χ1) is 14.5. The van der Waals surface area contributed by atoms with Gasteiger partial charge in [-0.1, -0.05) is 42.0 Å². The fourth-order valence-corrected chi connectivity index (χ4v) is 4.55. The maximum absolute atomic E-state index is 12.8. The van der Waals surface area contributed by atoms with Gasteiger partial charge in [0.25, 0.3) is 11.6 Å². The van der Waals surface area contributed by atoms with E-state index in [9.17, 15) is 14.9 Å². The van der Waals surface area contributed by atoms with E-state index in [2.05, 4.69) is 22.8 Å². The number of benzene rings is 2. The molecule has 1 heterocycles. The second kappa shape index (κ2) is 8.45. The van der Waals surface area contributed by atoms with Crippen molar-refractivity contribution in [1.82, 2.24) is 5.32 Å². The number of hydrogen-bond acceptors (Lipinski definition) is 5. The van der Waals surface area contributed by atoms with Gasteiger partial charge < -0.3 is 15.4 Å². The second-order valence-corrected chi connectivity index (χ2v) is 7.87. The second-order valence-electron chi connectivity index (χ2n) is 7.46. The summed E-state index contributed by atoms with van der Waals surface area (Å²) in [7, 11) is 1.58. The Balaban J connectivity index is 1.73. The van der Waals surface area contributed by atoms with E-state index < -0.39 is 4.92 Å². The summed E-state index contributed by atoms with van der Waals surface area (Å²) < 4.78 is 5.01. The number of allylic oxidation sites excluding steroid dienone is 2. The fourth-order valence-electron chi connectivity index (χ4n) is 4.37. The van der Waals surface area contributed by atoms with Crippen molar-refractivity contribution in [1.29, 1.82) is 0 Å². The van der Waals surface area contributed by atoms with Crippen LogP contribution in [0.25, 0.3) is 0 Å². The van der Waals surface area contributed by atoms with Crippen molar-refractivity contribution >= 4 is 28.9 Å². The number of nitrogens with one attached hydrogen (secondary N) is 2. The van der Waals surface area contributed by atoms with Crippen LogP contribution in [0, 0.1) is 16.0 Å². The molecule has 0 radical (unpaired) electrons. The number of nitro groups is 1. The van der Waals surface area contributed by atoms with Gasteiger partial charge in [-0.05, 0) is 35.6 Å². The minimum Gasteiger partial charge on any atom is -0.383 e. The number of carbonyl (C=O) groups is 1. The summed E-state index contributed by atoms with van der Waals surface area (Å²) in [4.78, 5) is 23.7. The molecule has 2 N–H and O–H groups in total. The Kier molecular flexibility index (Phi) is 5.74. The molecule has 3 unspecified atom stereocenters. The number of methoxy groups -OCH3 is 1. The number of hydrogen-bond donors (Lipinski definition) is 2. The summed E-state index contributed by atoms with van der Waals surface area (Å²) in [6.07, 6.45) is 5.14. The molecule has 1 aliphatic heterocycles. The lowest BCUT2D eigenvalue weighted by molar-refractivity contribution is -0.384. The van der Waals surface area contributed by atoms with E-state index in [-0.39, 0.29) is 34.5 Å². The SMILES string of the molecule is COCCNC(=O)c1cccc2c1NC(c1ccc(Cl)c([N+](=O)[O-])c1)C1CC=CC21. The third-order valence-electron chi connectivity index (χ3n) is 5.76. The van der Waals surface area contributed by atoms with Crippen LogP contribution < -0.4 is 10.6 Å². The highest BCUT2D eigenvalue weighted by molar-refractivity contribution is 6.32. The van der Waals surface area contributed by atoms with E-state index in [0.29, 0.717) is 18.7 Å². The van der Waals surface area contributed by atoms with E-state index >= 15 is 0 Å². The van der Waals surface area contributed by atoms with Crippen molar-refractivity contribution in [3.8, 4) is 0 Å². The highest BCUT2D eigenvalue weighted by Crippen LogP contribution is 2.51. The Morgan fingerprint density at radius 2 is 2.20 bits per heavy atom. The number of rotatable bonds is 6. The molecule has 1 amide bonds. The van der Waals surface area contributed by atoms with Crippen LogP contribution in [0.4, 0.5) is 11.4 Å². The number of fused-ring (bicyclic) bond motifs is 3. The van der Waals surface area contributed by atoms with E-state index in [1.165, 1.54) is 6.07 Å². The van der Waals surface area contributed by atoms with Gasteiger partial charge >= 0.3 is 0 Å². The molecule has 2 aromatic carbocycles. The van der Waals surface area contributed by atoms with Crippen molar-refractivity contribution in [3.05, 3.63) is 80.4 Å². The first-order valence-electron chi connectivity index (χ1n) is 9.78. The smallest absolute Gasteiger partial charge is 0.288 e. The van der Waals surface area contributed by atoms with Crippen LogP contribution in [-0.4, -0.2) is 31.1 Å². The van der Waals surface area contributed by atoms with Crippen molar-refractivity contribution in [2.24, 2.45) is 5.92 Å². The lowest BCUT2D eigenvalue weighted by atomic mass is 9.76. The summed E-state index contributed by atoms with van der Waals surface area (Å²) in [5.74, 6) is 0.149. The summed E-state index contributed by atoms with van der Waals surface area (Å²) in [6.45, 7) is 0.844. The Bertz CT molecular complexity index is 1020.